The molecule has 5 rings (SSSR count). The number of hydrogen-bond donors (Lipinski definition) is 0. The number of carbonyl (C=O) groups is 3. The van der Waals surface area contributed by atoms with E-state index in [-0.39, 0.29) is 32.2 Å². The standard InChI is InChI=1S/C38H37NO7/c1-28(40)22-23-33-35(43-24-29-14-6-2-7-15-29)36(44-25-30-16-8-3-9-17-30)34(27-45-37(41)32-20-12-5-13-21-32)39(33)38(42)46-26-31-18-10-4-11-19-31/h2-23,33-36H,24-27H2,1H3/t33-,34+,35-,36-/m1/s1. The normalized spacial score (nSPS) is 19.2. The first kappa shape index (κ1) is 32.3. The molecule has 8 nitrogen and oxygen atoms in total. The Balaban J connectivity index is 1.49. The molecule has 1 aliphatic rings. The largest absolute Gasteiger partial charge is 0.460 e. The number of ketones is 1. The number of rotatable bonds is 13. The van der Waals surface area contributed by atoms with E-state index in [0.717, 1.165) is 16.7 Å². The first-order valence-electron chi connectivity index (χ1n) is 15.2. The van der Waals surface area contributed by atoms with E-state index in [1.807, 2.05) is 97.1 Å². The number of allylic oxidation sites excluding steroid dienone is 1. The van der Waals surface area contributed by atoms with Crippen molar-refractivity contribution < 1.29 is 33.3 Å². The highest BCUT2D eigenvalue weighted by Gasteiger charge is 2.53. The van der Waals surface area contributed by atoms with Crippen LogP contribution in [0, 0.1) is 0 Å². The lowest BCUT2D eigenvalue weighted by molar-refractivity contribution is -0.112. The van der Waals surface area contributed by atoms with Crippen molar-refractivity contribution in [1.82, 2.24) is 4.90 Å². The number of amides is 1. The second-order valence-electron chi connectivity index (χ2n) is 11.0. The number of hydrogen-bond acceptors (Lipinski definition) is 7. The zero-order chi connectivity index (χ0) is 32.1. The maximum absolute atomic E-state index is 14.0. The SMILES string of the molecule is CC(=O)C=C[C@@H]1[C@@H](OCc2ccccc2)[C@H](OCc2ccccc2)[C@H](COC(=O)c2ccccc2)N1C(=O)OCc1ccccc1. The van der Waals surface area contributed by atoms with Gasteiger partial charge in [-0.05, 0) is 41.8 Å². The zero-order valence-electron chi connectivity index (χ0n) is 25.6. The third-order valence-electron chi connectivity index (χ3n) is 7.63. The van der Waals surface area contributed by atoms with Crippen molar-refractivity contribution >= 4 is 17.8 Å². The molecule has 1 saturated heterocycles. The van der Waals surface area contributed by atoms with E-state index in [1.54, 1.807) is 30.3 Å². The molecule has 1 aliphatic heterocycles. The van der Waals surface area contributed by atoms with Gasteiger partial charge in [0.1, 0.15) is 25.4 Å². The maximum Gasteiger partial charge on any atom is 0.411 e. The van der Waals surface area contributed by atoms with E-state index in [9.17, 15) is 14.4 Å². The van der Waals surface area contributed by atoms with Crippen molar-refractivity contribution in [2.24, 2.45) is 0 Å². The van der Waals surface area contributed by atoms with Crippen LogP contribution < -0.4 is 0 Å². The Morgan fingerprint density at radius 1 is 0.630 bits per heavy atom. The van der Waals surface area contributed by atoms with Crippen molar-refractivity contribution in [3.05, 3.63) is 156 Å². The van der Waals surface area contributed by atoms with Crippen molar-refractivity contribution in [1.29, 1.82) is 0 Å². The minimum absolute atomic E-state index is 0.0287. The van der Waals surface area contributed by atoms with Gasteiger partial charge in [0, 0.05) is 0 Å². The third-order valence-corrected chi connectivity index (χ3v) is 7.63. The Bertz CT molecular complexity index is 1580. The predicted octanol–water partition coefficient (Wildman–Crippen LogP) is 6.55. The van der Waals surface area contributed by atoms with Gasteiger partial charge in [-0.15, -0.1) is 0 Å². The Kier molecular flexibility index (Phi) is 11.5. The molecule has 1 heterocycles. The molecule has 0 saturated carbocycles. The number of benzene rings is 4. The molecule has 4 atom stereocenters. The third kappa shape index (κ3) is 8.78. The molecule has 1 fully saturated rings. The van der Waals surface area contributed by atoms with Gasteiger partial charge in [0.25, 0.3) is 0 Å². The van der Waals surface area contributed by atoms with Gasteiger partial charge in [-0.25, -0.2) is 9.59 Å². The van der Waals surface area contributed by atoms with Crippen molar-refractivity contribution in [3.63, 3.8) is 0 Å². The van der Waals surface area contributed by atoms with E-state index in [4.69, 9.17) is 18.9 Å². The van der Waals surface area contributed by atoms with Crippen LogP contribution >= 0.6 is 0 Å². The van der Waals surface area contributed by atoms with Gasteiger partial charge in [0.05, 0.1) is 30.9 Å². The van der Waals surface area contributed by atoms with Gasteiger partial charge in [0.2, 0.25) is 0 Å². The second-order valence-corrected chi connectivity index (χ2v) is 11.0. The molecule has 0 N–H and O–H groups in total. The summed E-state index contributed by atoms with van der Waals surface area (Å²) in [6.45, 7) is 1.72. The molecule has 0 unspecified atom stereocenters. The number of nitrogens with zero attached hydrogens (tertiary/aromatic N) is 1. The lowest BCUT2D eigenvalue weighted by Gasteiger charge is -2.29. The monoisotopic (exact) mass is 619 g/mol. The Labute approximate surface area is 269 Å². The van der Waals surface area contributed by atoms with Crippen LogP contribution in [-0.2, 0) is 43.6 Å². The molecule has 1 amide bonds. The molecule has 8 heteroatoms. The quantitative estimate of drug-likeness (QED) is 0.124. The minimum atomic E-state index is -0.804. The molecular weight excluding hydrogens is 582 g/mol. The number of esters is 1. The predicted molar refractivity (Wildman–Crippen MR) is 173 cm³/mol. The van der Waals surface area contributed by atoms with E-state index in [2.05, 4.69) is 0 Å². The molecular formula is C38H37NO7. The summed E-state index contributed by atoms with van der Waals surface area (Å²) in [7, 11) is 0. The Morgan fingerprint density at radius 2 is 1.11 bits per heavy atom. The highest BCUT2D eigenvalue weighted by Crippen LogP contribution is 2.34. The van der Waals surface area contributed by atoms with Crippen LogP contribution in [0.3, 0.4) is 0 Å². The van der Waals surface area contributed by atoms with Crippen LogP contribution in [0.5, 0.6) is 0 Å². The summed E-state index contributed by atoms with van der Waals surface area (Å²) >= 11 is 0. The minimum Gasteiger partial charge on any atom is -0.460 e. The highest BCUT2D eigenvalue weighted by molar-refractivity contribution is 5.89. The van der Waals surface area contributed by atoms with E-state index < -0.39 is 36.4 Å². The van der Waals surface area contributed by atoms with Crippen LogP contribution in [-0.4, -0.2) is 53.6 Å². The van der Waals surface area contributed by atoms with Gasteiger partial charge in [-0.2, -0.15) is 0 Å². The molecule has 4 aromatic rings. The lowest BCUT2D eigenvalue weighted by atomic mass is 10.1. The summed E-state index contributed by atoms with van der Waals surface area (Å²) < 4.78 is 24.7. The molecule has 46 heavy (non-hydrogen) atoms. The fourth-order valence-electron chi connectivity index (χ4n) is 5.36. The topological polar surface area (TPSA) is 91.4 Å². The lowest BCUT2D eigenvalue weighted by Crippen LogP contribution is -2.46. The zero-order valence-corrected chi connectivity index (χ0v) is 25.6. The fraction of sp³-hybridized carbons (Fsp3) is 0.237. The summed E-state index contributed by atoms with van der Waals surface area (Å²) in [6.07, 6.45) is 0.914. The van der Waals surface area contributed by atoms with Gasteiger partial charge in [0.15, 0.2) is 5.78 Å². The molecule has 0 radical (unpaired) electrons. The second kappa shape index (κ2) is 16.3. The van der Waals surface area contributed by atoms with Gasteiger partial charge in [-0.3, -0.25) is 9.69 Å². The molecule has 0 aliphatic carbocycles. The summed E-state index contributed by atoms with van der Waals surface area (Å²) in [5.74, 6) is -0.732. The van der Waals surface area contributed by atoms with Crippen LogP contribution in [0.25, 0.3) is 0 Å². The molecule has 4 aromatic carbocycles. The fourth-order valence-corrected chi connectivity index (χ4v) is 5.36. The Morgan fingerprint density at radius 3 is 1.63 bits per heavy atom. The molecule has 0 bridgehead atoms. The van der Waals surface area contributed by atoms with E-state index in [0.29, 0.717) is 5.56 Å². The van der Waals surface area contributed by atoms with Crippen LogP contribution in [0.15, 0.2) is 133 Å². The smallest absolute Gasteiger partial charge is 0.411 e. The maximum atomic E-state index is 14.0. The van der Waals surface area contributed by atoms with Gasteiger partial charge in [-0.1, -0.05) is 115 Å². The molecule has 0 spiro atoms. The van der Waals surface area contributed by atoms with Crippen LogP contribution in [0.4, 0.5) is 4.79 Å². The van der Waals surface area contributed by atoms with Crippen LogP contribution in [0.1, 0.15) is 34.0 Å². The average molecular weight is 620 g/mol. The van der Waals surface area contributed by atoms with E-state index in [1.165, 1.54) is 17.9 Å². The van der Waals surface area contributed by atoms with Gasteiger partial charge >= 0.3 is 12.1 Å². The summed E-state index contributed by atoms with van der Waals surface area (Å²) in [5, 5.41) is 0. The summed E-state index contributed by atoms with van der Waals surface area (Å²) in [5.41, 5.74) is 3.04. The van der Waals surface area contributed by atoms with Gasteiger partial charge < -0.3 is 18.9 Å². The first-order valence-corrected chi connectivity index (χ1v) is 15.2. The molecule has 0 aromatic heterocycles. The van der Waals surface area contributed by atoms with Crippen molar-refractivity contribution in [2.45, 2.75) is 51.0 Å². The summed E-state index contributed by atoms with van der Waals surface area (Å²) in [4.78, 5) is 40.7. The van der Waals surface area contributed by atoms with Crippen molar-refractivity contribution in [2.75, 3.05) is 6.61 Å². The average Bonchev–Trinajstić information content (AvgIpc) is 3.40. The van der Waals surface area contributed by atoms with Crippen LogP contribution in [0.2, 0.25) is 0 Å². The first-order chi connectivity index (χ1) is 22.5. The number of likely N-dealkylation sites (tertiary alicyclic amines) is 1. The summed E-state index contributed by atoms with van der Waals surface area (Å²) in [6, 6.07) is 35.7. The van der Waals surface area contributed by atoms with E-state index >= 15 is 0 Å². The highest BCUT2D eigenvalue weighted by atomic mass is 16.6. The van der Waals surface area contributed by atoms with Crippen molar-refractivity contribution in [3.8, 4) is 0 Å². The Hall–Kier alpha value is -5.05. The molecule has 236 valence electrons. The number of carbonyl (C=O) groups excluding carboxylic acids is 3. The number of ether oxygens (including phenoxy) is 4.